The zero-order valence-corrected chi connectivity index (χ0v) is 5.69. The van der Waals surface area contributed by atoms with Gasteiger partial charge in [0.15, 0.2) is 0 Å². The zero-order chi connectivity index (χ0) is 4.41. The van der Waals surface area contributed by atoms with Crippen molar-refractivity contribution >= 4 is 24.3 Å². The quantitative estimate of drug-likeness (QED) is 0.486. The van der Waals surface area contributed by atoms with Crippen LogP contribution in [0.3, 0.4) is 0 Å². The van der Waals surface area contributed by atoms with Crippen molar-refractivity contribution in [3.05, 3.63) is 0 Å². The molecule has 6 heavy (non-hydrogen) atoms. The van der Waals surface area contributed by atoms with Crippen molar-refractivity contribution in [2.75, 3.05) is 13.2 Å². The molecule has 1 aliphatic rings. The van der Waals surface area contributed by atoms with E-state index in [2.05, 4.69) is 0 Å². The van der Waals surface area contributed by atoms with Crippen molar-refractivity contribution in [3.63, 3.8) is 0 Å². The number of hydrogen-bond acceptors (Lipinski definition) is 2. The van der Waals surface area contributed by atoms with Gasteiger partial charge in [-0.15, -0.1) is 0 Å². The standard InChI is InChI=1S/C2H4AsClO2/c4-3-5-1-2-6-3/h1-2H2. The van der Waals surface area contributed by atoms with E-state index >= 15 is 0 Å². The minimum atomic E-state index is -1.63. The van der Waals surface area contributed by atoms with E-state index in [1.54, 1.807) is 0 Å². The molecule has 0 radical (unpaired) electrons. The Labute approximate surface area is 45.5 Å². The second-order valence-electron chi connectivity index (χ2n) is 0.879. The molecule has 0 atom stereocenters. The topological polar surface area (TPSA) is 18.5 Å². The summed E-state index contributed by atoms with van der Waals surface area (Å²) in [4.78, 5) is 0. The second kappa shape index (κ2) is 2.17. The molecule has 0 bridgehead atoms. The Hall–Kier alpha value is 0.768. The minimum absolute atomic E-state index is 0.698. The van der Waals surface area contributed by atoms with Gasteiger partial charge in [-0.2, -0.15) is 0 Å². The van der Waals surface area contributed by atoms with Gasteiger partial charge in [0.25, 0.3) is 0 Å². The van der Waals surface area contributed by atoms with Gasteiger partial charge in [-0.05, 0) is 0 Å². The predicted octanol–water partition coefficient (Wildman–Crippen LogP) is 0.257. The third kappa shape index (κ3) is 1.12. The molecule has 0 aromatic heterocycles. The first-order valence-electron chi connectivity index (χ1n) is 1.61. The van der Waals surface area contributed by atoms with Crippen molar-refractivity contribution in [1.82, 2.24) is 0 Å². The van der Waals surface area contributed by atoms with Crippen LogP contribution in [0.5, 0.6) is 0 Å². The average molecular weight is 170 g/mol. The molecule has 0 aromatic carbocycles. The van der Waals surface area contributed by atoms with E-state index in [1.165, 1.54) is 0 Å². The normalized spacial score (nSPS) is 25.5. The molecule has 0 saturated carbocycles. The van der Waals surface area contributed by atoms with Crippen LogP contribution < -0.4 is 0 Å². The molecule has 2 nitrogen and oxygen atoms in total. The summed E-state index contributed by atoms with van der Waals surface area (Å²) in [7, 11) is 5.41. The van der Waals surface area contributed by atoms with E-state index in [-0.39, 0.29) is 0 Å². The monoisotopic (exact) mass is 170 g/mol. The van der Waals surface area contributed by atoms with Crippen LogP contribution in [-0.4, -0.2) is 27.6 Å². The molecule has 1 saturated heterocycles. The number of hydrogen-bond donors (Lipinski definition) is 0. The van der Waals surface area contributed by atoms with Gasteiger partial charge in [-0.3, -0.25) is 0 Å². The number of rotatable bonds is 0. The molecule has 36 valence electrons. The van der Waals surface area contributed by atoms with Crippen LogP contribution >= 0.6 is 9.95 Å². The summed E-state index contributed by atoms with van der Waals surface area (Å²) in [5.41, 5.74) is 0. The second-order valence-corrected chi connectivity index (χ2v) is 4.29. The Morgan fingerprint density at radius 2 is 1.83 bits per heavy atom. The van der Waals surface area contributed by atoms with Gasteiger partial charge in [-0.1, -0.05) is 0 Å². The maximum atomic E-state index is 5.41. The fraction of sp³-hybridized carbons (Fsp3) is 1.00. The Balaban J connectivity index is 2.18. The molecule has 1 heterocycles. The summed E-state index contributed by atoms with van der Waals surface area (Å²) in [5, 5.41) is 0. The van der Waals surface area contributed by atoms with E-state index < -0.39 is 14.4 Å². The summed E-state index contributed by atoms with van der Waals surface area (Å²) >= 11 is -1.63. The van der Waals surface area contributed by atoms with Crippen molar-refractivity contribution < 1.29 is 7.45 Å². The molecule has 1 fully saturated rings. The van der Waals surface area contributed by atoms with Crippen LogP contribution in [0.4, 0.5) is 0 Å². The van der Waals surface area contributed by atoms with Gasteiger partial charge < -0.3 is 0 Å². The molecule has 1 rings (SSSR count). The van der Waals surface area contributed by atoms with Crippen LogP contribution in [0.2, 0.25) is 0 Å². The van der Waals surface area contributed by atoms with Gasteiger partial charge in [0.1, 0.15) is 0 Å². The molecule has 0 aromatic rings. The fourth-order valence-electron chi connectivity index (χ4n) is 0.255. The van der Waals surface area contributed by atoms with Crippen LogP contribution in [0.15, 0.2) is 0 Å². The third-order valence-electron chi connectivity index (χ3n) is 0.469. The number of halogens is 1. The van der Waals surface area contributed by atoms with Crippen molar-refractivity contribution in [2.24, 2.45) is 0 Å². The van der Waals surface area contributed by atoms with E-state index in [0.717, 1.165) is 0 Å². The summed E-state index contributed by atoms with van der Waals surface area (Å²) < 4.78 is 9.68. The van der Waals surface area contributed by atoms with Gasteiger partial charge in [-0.25, -0.2) is 0 Å². The van der Waals surface area contributed by atoms with Gasteiger partial charge in [0.05, 0.1) is 0 Å². The first-order valence-corrected chi connectivity index (χ1v) is 5.61. The Bertz CT molecular complexity index is 44.8. The molecule has 0 spiro atoms. The zero-order valence-electron chi connectivity index (χ0n) is 3.06. The maximum absolute atomic E-state index is 5.41. The van der Waals surface area contributed by atoms with E-state index in [1.807, 2.05) is 0 Å². The van der Waals surface area contributed by atoms with Crippen LogP contribution in [0, 0.1) is 0 Å². The van der Waals surface area contributed by atoms with E-state index in [9.17, 15) is 0 Å². The van der Waals surface area contributed by atoms with Crippen molar-refractivity contribution in [1.29, 1.82) is 0 Å². The Kier molecular flexibility index (Phi) is 1.78. The molecular formula is C2H4AsClO2. The third-order valence-corrected chi connectivity index (χ3v) is 3.10. The first-order chi connectivity index (χ1) is 2.89. The van der Waals surface area contributed by atoms with Crippen LogP contribution in [0.25, 0.3) is 0 Å². The van der Waals surface area contributed by atoms with Gasteiger partial charge in [0.2, 0.25) is 0 Å². The molecule has 1 aliphatic heterocycles. The summed E-state index contributed by atoms with van der Waals surface area (Å²) in [6.45, 7) is 1.40. The summed E-state index contributed by atoms with van der Waals surface area (Å²) in [6.07, 6.45) is 0. The molecule has 0 unspecified atom stereocenters. The summed E-state index contributed by atoms with van der Waals surface area (Å²) in [5.74, 6) is 0. The van der Waals surface area contributed by atoms with Crippen molar-refractivity contribution in [3.8, 4) is 0 Å². The SMILES string of the molecule is Cl[As]1OCCO1. The molecule has 0 N–H and O–H groups in total. The molecular weight excluding hydrogens is 166 g/mol. The Morgan fingerprint density at radius 1 is 1.33 bits per heavy atom. The average Bonchev–Trinajstić information content (AvgIpc) is 1.86. The van der Waals surface area contributed by atoms with E-state index in [0.29, 0.717) is 13.2 Å². The van der Waals surface area contributed by atoms with E-state index in [4.69, 9.17) is 17.4 Å². The molecule has 4 heteroatoms. The molecule has 0 aliphatic carbocycles. The molecule has 0 amide bonds. The van der Waals surface area contributed by atoms with Crippen LogP contribution in [-0.2, 0) is 7.45 Å². The van der Waals surface area contributed by atoms with Gasteiger partial charge in [0, 0.05) is 0 Å². The fourth-order valence-corrected chi connectivity index (χ4v) is 2.04. The predicted molar refractivity (Wildman–Crippen MR) is 23.5 cm³/mol. The van der Waals surface area contributed by atoms with Crippen molar-refractivity contribution in [2.45, 2.75) is 0 Å². The van der Waals surface area contributed by atoms with Crippen LogP contribution in [0.1, 0.15) is 0 Å². The van der Waals surface area contributed by atoms with Gasteiger partial charge >= 0.3 is 45.0 Å². The Morgan fingerprint density at radius 3 is 2.00 bits per heavy atom. The summed E-state index contributed by atoms with van der Waals surface area (Å²) in [6, 6.07) is 0. The first kappa shape index (κ1) is 4.92.